The molecule has 0 fully saturated rings. The molecule has 0 aliphatic heterocycles. The maximum Gasteiger partial charge on any atom is 0.170 e. The quantitative estimate of drug-likeness (QED) is 0.509. The molecule has 0 aliphatic carbocycles. The molecule has 0 aliphatic rings. The van der Waals surface area contributed by atoms with Gasteiger partial charge in [0.15, 0.2) is 11.5 Å². The van der Waals surface area contributed by atoms with Gasteiger partial charge < -0.3 is 9.47 Å². The molecule has 0 spiro atoms. The molecule has 0 atom stereocenters. The van der Waals surface area contributed by atoms with Crippen LogP contribution in [-0.4, -0.2) is 0 Å². The smallest absolute Gasteiger partial charge is 0.170 e. The average molecular weight is 418 g/mol. The molecular formula is C26H18N4O2. The van der Waals surface area contributed by atoms with Gasteiger partial charge in [-0.3, -0.25) is 0 Å². The number of rotatable bonds is 4. The van der Waals surface area contributed by atoms with Crippen LogP contribution in [0.15, 0.2) is 54.6 Å². The predicted octanol–water partition coefficient (Wildman–Crippen LogP) is 6.06. The van der Waals surface area contributed by atoms with Crippen molar-refractivity contribution in [3.05, 3.63) is 82.4 Å². The number of hydrogen-bond donors (Lipinski definition) is 0. The molecule has 0 saturated heterocycles. The van der Waals surface area contributed by atoms with Crippen LogP contribution in [0.4, 0.5) is 0 Å². The average Bonchev–Trinajstić information content (AvgIpc) is 2.79. The lowest BCUT2D eigenvalue weighted by Gasteiger charge is -2.21. The maximum absolute atomic E-state index is 9.30. The van der Waals surface area contributed by atoms with E-state index >= 15 is 0 Å². The van der Waals surface area contributed by atoms with Gasteiger partial charge in [-0.1, -0.05) is 26.8 Å². The molecule has 32 heavy (non-hydrogen) atoms. The van der Waals surface area contributed by atoms with E-state index in [2.05, 4.69) is 20.8 Å². The summed E-state index contributed by atoms with van der Waals surface area (Å²) in [6.45, 7) is 6.21. The van der Waals surface area contributed by atoms with E-state index < -0.39 is 0 Å². The van der Waals surface area contributed by atoms with Crippen molar-refractivity contribution in [2.75, 3.05) is 0 Å². The molecule has 6 nitrogen and oxygen atoms in total. The summed E-state index contributed by atoms with van der Waals surface area (Å²) in [5.74, 6) is 1.57. The Labute approximate surface area is 186 Å². The fraction of sp³-hybridized carbons (Fsp3) is 0.154. The van der Waals surface area contributed by atoms with Gasteiger partial charge in [-0.25, -0.2) is 0 Å². The Morgan fingerprint density at radius 3 is 1.47 bits per heavy atom. The van der Waals surface area contributed by atoms with E-state index in [0.29, 0.717) is 23.0 Å². The number of ether oxygens (including phenoxy) is 2. The van der Waals surface area contributed by atoms with Crippen molar-refractivity contribution >= 4 is 0 Å². The first kappa shape index (κ1) is 21.9. The zero-order chi connectivity index (χ0) is 23.3. The third kappa shape index (κ3) is 4.68. The SMILES string of the molecule is CC(C)(C)c1ccc(Oc2ccc(C#N)c(C#N)c2)c(Oc2ccc(C#N)c(C#N)c2)c1. The highest BCUT2D eigenvalue weighted by atomic mass is 16.5. The summed E-state index contributed by atoms with van der Waals surface area (Å²) < 4.78 is 12.0. The molecule has 0 radical (unpaired) electrons. The molecule has 0 amide bonds. The maximum atomic E-state index is 9.30. The zero-order valence-corrected chi connectivity index (χ0v) is 17.8. The summed E-state index contributed by atoms with van der Waals surface area (Å²) in [7, 11) is 0. The highest BCUT2D eigenvalue weighted by molar-refractivity contribution is 5.54. The number of nitrogens with zero attached hydrogens (tertiary/aromatic N) is 4. The standard InChI is InChI=1S/C26H18N4O2/c1-26(2,3)21-6-9-24(31-22-7-4-17(13-27)19(10-22)15-29)25(12-21)32-23-8-5-18(14-28)20(11-23)16-30/h4-12H,1-3H3. The first-order valence-electron chi connectivity index (χ1n) is 9.68. The molecule has 0 unspecified atom stereocenters. The van der Waals surface area contributed by atoms with Crippen molar-refractivity contribution in [3.63, 3.8) is 0 Å². The van der Waals surface area contributed by atoms with Crippen molar-refractivity contribution < 1.29 is 9.47 Å². The molecule has 0 heterocycles. The number of nitriles is 4. The van der Waals surface area contributed by atoms with Crippen molar-refractivity contribution in [1.29, 1.82) is 21.0 Å². The molecule has 154 valence electrons. The molecule has 0 saturated carbocycles. The van der Waals surface area contributed by atoms with Gasteiger partial charge in [0.2, 0.25) is 0 Å². The Morgan fingerprint density at radius 2 is 1.03 bits per heavy atom. The first-order valence-corrected chi connectivity index (χ1v) is 9.68. The van der Waals surface area contributed by atoms with Crippen molar-refractivity contribution in [2.45, 2.75) is 26.2 Å². The second kappa shape index (κ2) is 8.93. The van der Waals surface area contributed by atoms with Gasteiger partial charge in [-0.15, -0.1) is 0 Å². The van der Waals surface area contributed by atoms with E-state index in [1.165, 1.54) is 24.3 Å². The highest BCUT2D eigenvalue weighted by Gasteiger charge is 2.18. The largest absolute Gasteiger partial charge is 0.453 e. The van der Waals surface area contributed by atoms with E-state index in [1.807, 2.05) is 36.4 Å². The number of hydrogen-bond acceptors (Lipinski definition) is 6. The topological polar surface area (TPSA) is 114 Å². The predicted molar refractivity (Wildman–Crippen MR) is 117 cm³/mol. The van der Waals surface area contributed by atoms with Crippen LogP contribution >= 0.6 is 0 Å². The lowest BCUT2D eigenvalue weighted by Crippen LogP contribution is -2.11. The molecule has 3 aromatic rings. The minimum atomic E-state index is -0.151. The fourth-order valence-electron chi connectivity index (χ4n) is 2.95. The molecular weight excluding hydrogens is 400 g/mol. The Hall–Kier alpha value is -4.78. The van der Waals surface area contributed by atoms with Gasteiger partial charge in [0, 0.05) is 0 Å². The van der Waals surface area contributed by atoms with Gasteiger partial charge in [0.25, 0.3) is 0 Å². The summed E-state index contributed by atoms with van der Waals surface area (Å²) in [5, 5.41) is 36.8. The molecule has 0 bridgehead atoms. The Kier molecular flexibility index (Phi) is 6.11. The van der Waals surface area contributed by atoms with Gasteiger partial charge in [-0.05, 0) is 59.5 Å². The van der Waals surface area contributed by atoms with Gasteiger partial charge in [0.05, 0.1) is 22.3 Å². The summed E-state index contributed by atoms with van der Waals surface area (Å²) in [5.41, 5.74) is 1.81. The molecule has 6 heteroatoms. The monoisotopic (exact) mass is 418 g/mol. The normalized spacial score (nSPS) is 10.2. The summed E-state index contributed by atoms with van der Waals surface area (Å²) in [4.78, 5) is 0. The Bertz CT molecular complexity index is 1360. The number of benzene rings is 3. The third-order valence-corrected chi connectivity index (χ3v) is 4.73. The van der Waals surface area contributed by atoms with Crippen molar-refractivity contribution in [3.8, 4) is 47.3 Å². The van der Waals surface area contributed by atoms with Crippen LogP contribution in [-0.2, 0) is 5.41 Å². The zero-order valence-electron chi connectivity index (χ0n) is 17.8. The lowest BCUT2D eigenvalue weighted by atomic mass is 9.87. The second-order valence-electron chi connectivity index (χ2n) is 7.98. The van der Waals surface area contributed by atoms with E-state index in [9.17, 15) is 10.5 Å². The fourth-order valence-corrected chi connectivity index (χ4v) is 2.95. The summed E-state index contributed by atoms with van der Waals surface area (Å²) >= 11 is 0. The third-order valence-electron chi connectivity index (χ3n) is 4.73. The van der Waals surface area contributed by atoms with Crippen LogP contribution in [0.3, 0.4) is 0 Å². The second-order valence-corrected chi connectivity index (χ2v) is 7.98. The molecule has 3 rings (SSSR count). The minimum absolute atomic E-state index is 0.151. The Morgan fingerprint density at radius 1 is 0.562 bits per heavy atom. The van der Waals surface area contributed by atoms with E-state index in [4.69, 9.17) is 20.0 Å². The van der Waals surface area contributed by atoms with Crippen LogP contribution < -0.4 is 9.47 Å². The van der Waals surface area contributed by atoms with Crippen LogP contribution in [0.2, 0.25) is 0 Å². The van der Waals surface area contributed by atoms with E-state index in [1.54, 1.807) is 18.2 Å². The molecule has 3 aromatic carbocycles. The van der Waals surface area contributed by atoms with Crippen LogP contribution in [0.5, 0.6) is 23.0 Å². The van der Waals surface area contributed by atoms with E-state index in [-0.39, 0.29) is 27.7 Å². The summed E-state index contributed by atoms with van der Waals surface area (Å²) in [6.07, 6.45) is 0. The van der Waals surface area contributed by atoms with Crippen LogP contribution in [0.1, 0.15) is 48.6 Å². The molecule has 0 N–H and O–H groups in total. The highest BCUT2D eigenvalue weighted by Crippen LogP contribution is 2.39. The lowest BCUT2D eigenvalue weighted by molar-refractivity contribution is 0.416. The summed E-state index contributed by atoms with van der Waals surface area (Å²) in [6, 6.07) is 22.8. The molecule has 0 aromatic heterocycles. The van der Waals surface area contributed by atoms with Crippen molar-refractivity contribution in [2.24, 2.45) is 0 Å². The van der Waals surface area contributed by atoms with Crippen LogP contribution in [0, 0.1) is 45.3 Å². The van der Waals surface area contributed by atoms with Crippen molar-refractivity contribution in [1.82, 2.24) is 0 Å². The van der Waals surface area contributed by atoms with Gasteiger partial charge in [0.1, 0.15) is 35.8 Å². The Balaban J connectivity index is 2.05. The van der Waals surface area contributed by atoms with Gasteiger partial charge >= 0.3 is 0 Å². The minimum Gasteiger partial charge on any atom is -0.453 e. The first-order chi connectivity index (χ1) is 15.3. The van der Waals surface area contributed by atoms with E-state index in [0.717, 1.165) is 5.56 Å². The van der Waals surface area contributed by atoms with Gasteiger partial charge in [-0.2, -0.15) is 21.0 Å². The van der Waals surface area contributed by atoms with Crippen LogP contribution in [0.25, 0.3) is 0 Å².